The van der Waals surface area contributed by atoms with Gasteiger partial charge in [0.15, 0.2) is 0 Å². The molecule has 0 heterocycles. The van der Waals surface area contributed by atoms with Crippen molar-refractivity contribution in [2.45, 2.75) is 13.0 Å². The van der Waals surface area contributed by atoms with E-state index in [4.69, 9.17) is 21.1 Å². The molecule has 0 saturated carbocycles. The average molecular weight is 307 g/mol. The standard InChI is InChI=1S/C16H15ClO4/c1-10-3-8-13(17)14(9-10)21-15(16(18)19)11-4-6-12(20-2)7-5-11/h3-9,15H,1-2H3,(H,18,19). The van der Waals surface area contributed by atoms with Crippen LogP contribution in [0.5, 0.6) is 11.5 Å². The summed E-state index contributed by atoms with van der Waals surface area (Å²) in [5.41, 5.74) is 1.45. The van der Waals surface area contributed by atoms with Gasteiger partial charge in [0.25, 0.3) is 0 Å². The fourth-order valence-corrected chi connectivity index (χ4v) is 2.03. The summed E-state index contributed by atoms with van der Waals surface area (Å²) in [5.74, 6) is -0.0888. The van der Waals surface area contributed by atoms with Crippen molar-refractivity contribution in [1.82, 2.24) is 0 Å². The second-order valence-electron chi connectivity index (χ2n) is 4.54. The van der Waals surface area contributed by atoms with Crippen LogP contribution in [-0.4, -0.2) is 18.2 Å². The maximum Gasteiger partial charge on any atom is 0.349 e. The first-order chi connectivity index (χ1) is 10.0. The third-order valence-corrected chi connectivity index (χ3v) is 3.29. The molecular weight excluding hydrogens is 292 g/mol. The molecule has 2 aromatic rings. The summed E-state index contributed by atoms with van der Waals surface area (Å²) in [7, 11) is 1.55. The predicted octanol–water partition coefficient (Wildman–Crippen LogP) is 3.86. The Kier molecular flexibility index (Phi) is 4.70. The number of hydrogen-bond acceptors (Lipinski definition) is 3. The molecule has 0 radical (unpaired) electrons. The number of carboxylic acids is 1. The largest absolute Gasteiger partial charge is 0.497 e. The Morgan fingerprint density at radius 3 is 2.43 bits per heavy atom. The molecule has 0 aromatic heterocycles. The van der Waals surface area contributed by atoms with E-state index in [1.54, 1.807) is 43.5 Å². The number of ether oxygens (including phenoxy) is 2. The van der Waals surface area contributed by atoms with Crippen molar-refractivity contribution in [2.24, 2.45) is 0 Å². The molecule has 5 heteroatoms. The minimum absolute atomic E-state index is 0.347. The number of methoxy groups -OCH3 is 1. The molecule has 0 bridgehead atoms. The summed E-state index contributed by atoms with van der Waals surface area (Å²) >= 11 is 6.04. The van der Waals surface area contributed by atoms with Gasteiger partial charge >= 0.3 is 5.97 Å². The highest BCUT2D eigenvalue weighted by Gasteiger charge is 2.23. The minimum Gasteiger partial charge on any atom is -0.497 e. The molecule has 0 saturated heterocycles. The molecule has 2 aromatic carbocycles. The summed E-state index contributed by atoms with van der Waals surface area (Å²) in [6.07, 6.45) is -1.13. The van der Waals surface area contributed by atoms with E-state index in [1.807, 2.05) is 13.0 Å². The Balaban J connectivity index is 2.30. The number of rotatable bonds is 5. The van der Waals surface area contributed by atoms with Crippen LogP contribution in [0.3, 0.4) is 0 Å². The first-order valence-corrected chi connectivity index (χ1v) is 6.68. The second-order valence-corrected chi connectivity index (χ2v) is 4.95. The SMILES string of the molecule is COc1ccc(C(Oc2cc(C)ccc2Cl)C(=O)O)cc1. The predicted molar refractivity (Wildman–Crippen MR) is 80.2 cm³/mol. The van der Waals surface area contributed by atoms with Gasteiger partial charge in [0.05, 0.1) is 12.1 Å². The number of carboxylic acid groups (broad SMARTS) is 1. The van der Waals surface area contributed by atoms with Crippen LogP contribution in [0.25, 0.3) is 0 Å². The van der Waals surface area contributed by atoms with E-state index in [0.29, 0.717) is 22.1 Å². The van der Waals surface area contributed by atoms with E-state index in [1.165, 1.54) is 0 Å². The summed E-state index contributed by atoms with van der Waals surface area (Å²) in [6, 6.07) is 11.9. The smallest absolute Gasteiger partial charge is 0.349 e. The van der Waals surface area contributed by atoms with Gasteiger partial charge in [0.2, 0.25) is 6.10 Å². The summed E-state index contributed by atoms with van der Waals surface area (Å²) in [5, 5.41) is 9.75. The molecule has 1 N–H and O–H groups in total. The van der Waals surface area contributed by atoms with Crippen molar-refractivity contribution >= 4 is 17.6 Å². The van der Waals surface area contributed by atoms with Crippen molar-refractivity contribution < 1.29 is 19.4 Å². The lowest BCUT2D eigenvalue weighted by Gasteiger charge is -2.17. The maximum absolute atomic E-state index is 11.5. The molecule has 21 heavy (non-hydrogen) atoms. The van der Waals surface area contributed by atoms with E-state index in [2.05, 4.69) is 0 Å². The topological polar surface area (TPSA) is 55.8 Å². The highest BCUT2D eigenvalue weighted by atomic mass is 35.5. The molecule has 0 aliphatic rings. The number of aryl methyl sites for hydroxylation is 1. The fourth-order valence-electron chi connectivity index (χ4n) is 1.87. The Morgan fingerprint density at radius 2 is 1.86 bits per heavy atom. The molecule has 1 atom stereocenters. The molecule has 110 valence electrons. The number of aliphatic carboxylic acids is 1. The number of carbonyl (C=O) groups is 1. The highest BCUT2D eigenvalue weighted by Crippen LogP contribution is 2.30. The molecule has 1 unspecified atom stereocenters. The fraction of sp³-hybridized carbons (Fsp3) is 0.188. The lowest BCUT2D eigenvalue weighted by atomic mass is 10.1. The van der Waals surface area contributed by atoms with Crippen LogP contribution in [0.2, 0.25) is 5.02 Å². The van der Waals surface area contributed by atoms with Crippen molar-refractivity contribution in [2.75, 3.05) is 7.11 Å². The maximum atomic E-state index is 11.5. The summed E-state index contributed by atoms with van der Waals surface area (Å²) in [4.78, 5) is 11.5. The average Bonchev–Trinajstić information content (AvgIpc) is 2.48. The van der Waals surface area contributed by atoms with Crippen LogP contribution >= 0.6 is 11.6 Å². The highest BCUT2D eigenvalue weighted by molar-refractivity contribution is 6.32. The van der Waals surface area contributed by atoms with Crippen molar-refractivity contribution in [3.8, 4) is 11.5 Å². The van der Waals surface area contributed by atoms with Gasteiger partial charge in [0.1, 0.15) is 11.5 Å². The third-order valence-electron chi connectivity index (χ3n) is 2.97. The number of benzene rings is 2. The minimum atomic E-state index is -1.13. The lowest BCUT2D eigenvalue weighted by Crippen LogP contribution is -2.18. The summed E-state index contributed by atoms with van der Waals surface area (Å²) < 4.78 is 10.6. The number of hydrogen-bond donors (Lipinski definition) is 1. The van der Waals surface area contributed by atoms with Crippen molar-refractivity contribution in [1.29, 1.82) is 0 Å². The monoisotopic (exact) mass is 306 g/mol. The lowest BCUT2D eigenvalue weighted by molar-refractivity contribution is -0.145. The van der Waals surface area contributed by atoms with Gasteiger partial charge in [-0.25, -0.2) is 4.79 Å². The number of halogens is 1. The van der Waals surface area contributed by atoms with Crippen molar-refractivity contribution in [3.05, 3.63) is 58.6 Å². The molecule has 0 aliphatic carbocycles. The van der Waals surface area contributed by atoms with Crippen LogP contribution in [0.15, 0.2) is 42.5 Å². The van der Waals surface area contributed by atoms with Gasteiger partial charge in [-0.3, -0.25) is 0 Å². The molecular formula is C16H15ClO4. The van der Waals surface area contributed by atoms with E-state index in [-0.39, 0.29) is 0 Å². The van der Waals surface area contributed by atoms with Crippen LogP contribution < -0.4 is 9.47 Å². The summed E-state index contributed by atoms with van der Waals surface area (Å²) in [6.45, 7) is 1.88. The van der Waals surface area contributed by atoms with Gasteiger partial charge in [-0.05, 0) is 36.8 Å². The Labute approximate surface area is 127 Å². The first kappa shape index (κ1) is 15.2. The van der Waals surface area contributed by atoms with Crippen LogP contribution in [0.1, 0.15) is 17.2 Å². The third kappa shape index (κ3) is 3.67. The molecule has 0 amide bonds. The van der Waals surface area contributed by atoms with Gasteiger partial charge in [-0.15, -0.1) is 0 Å². The molecule has 0 aliphatic heterocycles. The molecule has 4 nitrogen and oxygen atoms in total. The Morgan fingerprint density at radius 1 is 1.19 bits per heavy atom. The Hall–Kier alpha value is -2.20. The van der Waals surface area contributed by atoms with Gasteiger partial charge in [-0.1, -0.05) is 29.8 Å². The Bertz CT molecular complexity index is 637. The van der Waals surface area contributed by atoms with E-state index in [9.17, 15) is 9.90 Å². The zero-order chi connectivity index (χ0) is 15.4. The van der Waals surface area contributed by atoms with Gasteiger partial charge in [0, 0.05) is 5.56 Å². The van der Waals surface area contributed by atoms with Crippen molar-refractivity contribution in [3.63, 3.8) is 0 Å². The molecule has 2 rings (SSSR count). The van der Waals surface area contributed by atoms with E-state index >= 15 is 0 Å². The van der Waals surface area contributed by atoms with Gasteiger partial charge < -0.3 is 14.6 Å². The normalized spacial score (nSPS) is 11.8. The zero-order valence-corrected chi connectivity index (χ0v) is 12.4. The second kappa shape index (κ2) is 6.50. The van der Waals surface area contributed by atoms with Crippen LogP contribution in [-0.2, 0) is 4.79 Å². The van der Waals surface area contributed by atoms with Gasteiger partial charge in [-0.2, -0.15) is 0 Å². The molecule has 0 fully saturated rings. The first-order valence-electron chi connectivity index (χ1n) is 6.31. The quantitative estimate of drug-likeness (QED) is 0.911. The zero-order valence-electron chi connectivity index (χ0n) is 11.7. The van der Waals surface area contributed by atoms with E-state index < -0.39 is 12.1 Å². The molecule has 0 spiro atoms. The van der Waals surface area contributed by atoms with E-state index in [0.717, 1.165) is 5.56 Å². The van der Waals surface area contributed by atoms with Crippen LogP contribution in [0, 0.1) is 6.92 Å². The van der Waals surface area contributed by atoms with Crippen LogP contribution in [0.4, 0.5) is 0 Å².